The fraction of sp³-hybridized carbons (Fsp3) is 0.391. The molecular formula is C23H29N3O5S2. The minimum Gasteiger partial charge on any atom is -0.493 e. The minimum atomic E-state index is -3.57. The number of hydrogen-bond acceptors (Lipinski definition) is 6. The maximum Gasteiger partial charge on any atom is 0.261 e. The molecule has 0 atom stereocenters. The third-order valence-corrected chi connectivity index (χ3v) is 7.20. The van der Waals surface area contributed by atoms with E-state index in [-0.39, 0.29) is 15.9 Å². The van der Waals surface area contributed by atoms with Gasteiger partial charge in [0.05, 0.1) is 30.3 Å². The van der Waals surface area contributed by atoms with Crippen LogP contribution in [0.2, 0.25) is 0 Å². The summed E-state index contributed by atoms with van der Waals surface area (Å²) >= 11 is 5.26. The number of morpholine rings is 1. The average molecular weight is 492 g/mol. The lowest BCUT2D eigenvalue weighted by Gasteiger charge is -2.26. The second kappa shape index (κ2) is 12.1. The number of carbonyl (C=O) groups excluding carboxylic acids is 1. The summed E-state index contributed by atoms with van der Waals surface area (Å²) in [6.45, 7) is 4.11. The molecule has 178 valence electrons. The maximum absolute atomic E-state index is 12.7. The molecule has 0 unspecified atom stereocenters. The molecule has 1 fully saturated rings. The van der Waals surface area contributed by atoms with E-state index in [4.69, 9.17) is 21.7 Å². The van der Waals surface area contributed by atoms with Crippen molar-refractivity contribution in [2.45, 2.75) is 31.1 Å². The number of sulfonamides is 1. The molecule has 0 aliphatic carbocycles. The Morgan fingerprint density at radius 1 is 1.09 bits per heavy atom. The Morgan fingerprint density at radius 3 is 2.48 bits per heavy atom. The van der Waals surface area contributed by atoms with E-state index >= 15 is 0 Å². The van der Waals surface area contributed by atoms with Gasteiger partial charge in [0.2, 0.25) is 10.0 Å². The molecule has 1 aliphatic heterocycles. The molecule has 1 aliphatic rings. The van der Waals surface area contributed by atoms with Crippen LogP contribution < -0.4 is 15.4 Å². The third-order valence-electron chi connectivity index (χ3n) is 5.08. The number of unbranched alkanes of at least 4 members (excludes halogenated alkanes) is 2. The van der Waals surface area contributed by atoms with Crippen LogP contribution in [0.3, 0.4) is 0 Å². The van der Waals surface area contributed by atoms with Crippen LogP contribution in [0.1, 0.15) is 36.5 Å². The van der Waals surface area contributed by atoms with Gasteiger partial charge in [0.25, 0.3) is 5.91 Å². The number of benzene rings is 2. The van der Waals surface area contributed by atoms with Crippen LogP contribution in [0.5, 0.6) is 5.75 Å². The maximum atomic E-state index is 12.7. The van der Waals surface area contributed by atoms with Gasteiger partial charge in [0.1, 0.15) is 5.75 Å². The summed E-state index contributed by atoms with van der Waals surface area (Å²) in [5, 5.41) is 5.66. The smallest absolute Gasteiger partial charge is 0.261 e. The number of carbonyl (C=O) groups is 1. The summed E-state index contributed by atoms with van der Waals surface area (Å²) in [7, 11) is -3.57. The highest BCUT2D eigenvalue weighted by Crippen LogP contribution is 2.20. The quantitative estimate of drug-likeness (QED) is 0.410. The van der Waals surface area contributed by atoms with E-state index in [9.17, 15) is 13.2 Å². The molecule has 0 spiro atoms. The summed E-state index contributed by atoms with van der Waals surface area (Å²) in [5.41, 5.74) is 0.954. The van der Waals surface area contributed by atoms with Crippen molar-refractivity contribution in [3.05, 3.63) is 54.1 Å². The van der Waals surface area contributed by atoms with E-state index in [0.29, 0.717) is 49.9 Å². The Balaban J connectivity index is 1.58. The summed E-state index contributed by atoms with van der Waals surface area (Å²) in [5.74, 6) is 0.122. The van der Waals surface area contributed by atoms with E-state index in [0.717, 1.165) is 19.3 Å². The molecule has 2 aromatic carbocycles. The molecule has 1 saturated heterocycles. The fourth-order valence-electron chi connectivity index (χ4n) is 3.29. The van der Waals surface area contributed by atoms with Gasteiger partial charge in [-0.25, -0.2) is 8.42 Å². The summed E-state index contributed by atoms with van der Waals surface area (Å²) in [4.78, 5) is 12.9. The van der Waals surface area contributed by atoms with Crippen LogP contribution in [-0.2, 0) is 14.8 Å². The third kappa shape index (κ3) is 6.97. The Labute approximate surface area is 200 Å². The van der Waals surface area contributed by atoms with Crippen molar-refractivity contribution in [2.24, 2.45) is 0 Å². The number of amides is 1. The highest BCUT2D eigenvalue weighted by molar-refractivity contribution is 7.89. The molecule has 33 heavy (non-hydrogen) atoms. The van der Waals surface area contributed by atoms with Crippen molar-refractivity contribution in [1.82, 2.24) is 9.62 Å². The summed E-state index contributed by atoms with van der Waals surface area (Å²) in [6.07, 6.45) is 3.07. The van der Waals surface area contributed by atoms with Gasteiger partial charge in [0, 0.05) is 18.8 Å². The first-order valence-electron chi connectivity index (χ1n) is 10.9. The standard InChI is InChI=1S/C23H29N3O5S2/c1-2-3-6-15-31-21-8-5-4-7-20(21)22(27)25-23(32)24-18-9-11-19(12-10-18)33(28,29)26-13-16-30-17-14-26/h4-5,7-12H,2-3,6,13-17H2,1H3,(H2,24,25,27,32). The number of hydrogen-bond donors (Lipinski definition) is 2. The van der Waals surface area contributed by atoms with Gasteiger partial charge in [-0.05, 0) is 55.0 Å². The summed E-state index contributed by atoms with van der Waals surface area (Å²) in [6, 6.07) is 13.2. The van der Waals surface area contributed by atoms with Crippen molar-refractivity contribution in [3.63, 3.8) is 0 Å². The number of nitrogens with zero attached hydrogens (tertiary/aromatic N) is 1. The fourth-order valence-corrected chi connectivity index (χ4v) is 4.91. The first-order valence-corrected chi connectivity index (χ1v) is 12.8. The Bertz CT molecular complexity index is 1050. The second-order valence-electron chi connectivity index (χ2n) is 7.50. The number of nitrogens with one attached hydrogen (secondary N) is 2. The van der Waals surface area contributed by atoms with E-state index in [1.807, 2.05) is 6.07 Å². The molecule has 0 radical (unpaired) electrons. The van der Waals surface area contributed by atoms with Crippen LogP contribution >= 0.6 is 12.2 Å². The first kappa shape index (κ1) is 25.1. The highest BCUT2D eigenvalue weighted by Gasteiger charge is 2.26. The Hall–Kier alpha value is -2.53. The predicted molar refractivity (Wildman–Crippen MR) is 131 cm³/mol. The van der Waals surface area contributed by atoms with Crippen LogP contribution in [0, 0.1) is 0 Å². The number of thiocarbonyl (C=S) groups is 1. The van der Waals surface area contributed by atoms with Crippen LogP contribution in [0.4, 0.5) is 5.69 Å². The van der Waals surface area contributed by atoms with Crippen LogP contribution in [0.15, 0.2) is 53.4 Å². The lowest BCUT2D eigenvalue weighted by atomic mass is 10.2. The molecule has 10 heteroatoms. The zero-order valence-electron chi connectivity index (χ0n) is 18.6. The predicted octanol–water partition coefficient (Wildman–Crippen LogP) is 3.40. The minimum absolute atomic E-state index is 0.101. The van der Waals surface area contributed by atoms with Crippen molar-refractivity contribution in [1.29, 1.82) is 0 Å². The topological polar surface area (TPSA) is 97.0 Å². The monoisotopic (exact) mass is 491 g/mol. The second-order valence-corrected chi connectivity index (χ2v) is 9.85. The van der Waals surface area contributed by atoms with Crippen LogP contribution in [0.25, 0.3) is 0 Å². The molecule has 2 N–H and O–H groups in total. The molecular weight excluding hydrogens is 462 g/mol. The Morgan fingerprint density at radius 2 is 1.79 bits per heavy atom. The normalized spacial score (nSPS) is 14.5. The number of anilines is 1. The largest absolute Gasteiger partial charge is 0.493 e. The van der Waals surface area contributed by atoms with Crippen LogP contribution in [-0.4, -0.2) is 56.7 Å². The zero-order valence-corrected chi connectivity index (χ0v) is 20.2. The molecule has 1 amide bonds. The van der Waals surface area contributed by atoms with Gasteiger partial charge in [0.15, 0.2) is 5.11 Å². The number of para-hydroxylation sites is 1. The van der Waals surface area contributed by atoms with E-state index < -0.39 is 10.0 Å². The van der Waals surface area contributed by atoms with Crippen molar-refractivity contribution in [3.8, 4) is 5.75 Å². The number of rotatable bonds is 9. The summed E-state index contributed by atoms with van der Waals surface area (Å²) < 4.78 is 37.8. The number of ether oxygens (including phenoxy) is 2. The lowest BCUT2D eigenvalue weighted by Crippen LogP contribution is -2.40. The Kier molecular flexibility index (Phi) is 9.19. The van der Waals surface area contributed by atoms with Gasteiger partial charge >= 0.3 is 0 Å². The average Bonchev–Trinajstić information content (AvgIpc) is 2.83. The van der Waals surface area contributed by atoms with Gasteiger partial charge in [-0.15, -0.1) is 0 Å². The SMILES string of the molecule is CCCCCOc1ccccc1C(=O)NC(=S)Nc1ccc(S(=O)(=O)N2CCOCC2)cc1. The molecule has 0 bridgehead atoms. The molecule has 2 aromatic rings. The molecule has 0 saturated carbocycles. The van der Waals surface area contributed by atoms with E-state index in [1.54, 1.807) is 30.3 Å². The van der Waals surface area contributed by atoms with Crippen molar-refractivity contribution < 1.29 is 22.7 Å². The molecule has 0 aromatic heterocycles. The van der Waals surface area contributed by atoms with E-state index in [2.05, 4.69) is 17.6 Å². The zero-order chi connectivity index (χ0) is 23.7. The van der Waals surface area contributed by atoms with Gasteiger partial charge in [-0.3, -0.25) is 10.1 Å². The molecule has 3 rings (SSSR count). The van der Waals surface area contributed by atoms with Crippen molar-refractivity contribution in [2.75, 3.05) is 38.2 Å². The molecule has 1 heterocycles. The van der Waals surface area contributed by atoms with E-state index in [1.165, 1.54) is 16.4 Å². The first-order chi connectivity index (χ1) is 15.9. The van der Waals surface area contributed by atoms with Gasteiger partial charge in [-0.1, -0.05) is 31.9 Å². The van der Waals surface area contributed by atoms with Gasteiger partial charge in [-0.2, -0.15) is 4.31 Å². The lowest BCUT2D eigenvalue weighted by molar-refractivity contribution is 0.0730. The highest BCUT2D eigenvalue weighted by atomic mass is 32.2. The van der Waals surface area contributed by atoms with Crippen molar-refractivity contribution >= 4 is 38.9 Å². The molecule has 8 nitrogen and oxygen atoms in total. The van der Waals surface area contributed by atoms with Gasteiger partial charge < -0.3 is 14.8 Å².